The van der Waals surface area contributed by atoms with Crippen LogP contribution in [0.15, 0.2) is 42.5 Å². The number of aliphatic hydroxyl groups excluding tert-OH is 1. The van der Waals surface area contributed by atoms with Gasteiger partial charge in [-0.15, -0.1) is 0 Å². The Labute approximate surface area is 106 Å². The van der Waals surface area contributed by atoms with Gasteiger partial charge in [0.1, 0.15) is 11.9 Å². The summed E-state index contributed by atoms with van der Waals surface area (Å²) >= 11 is 0. The molecule has 0 amide bonds. The number of benzene rings is 2. The van der Waals surface area contributed by atoms with Crippen LogP contribution in [0.4, 0.5) is 0 Å². The molecular formula is C16H14O2. The fourth-order valence-corrected chi connectivity index (χ4v) is 2.21. The summed E-state index contributed by atoms with van der Waals surface area (Å²) in [5.41, 5.74) is 4.00. The summed E-state index contributed by atoms with van der Waals surface area (Å²) in [5, 5.41) is 10.4. The maximum atomic E-state index is 10.4. The van der Waals surface area contributed by atoms with Crippen molar-refractivity contribution in [2.24, 2.45) is 0 Å². The number of aliphatic hydroxyl groups is 1. The molecule has 0 aromatic heterocycles. The first-order chi connectivity index (χ1) is 8.79. The normalized spacial score (nSPS) is 13.7. The first-order valence-corrected chi connectivity index (χ1v) is 5.92. The van der Waals surface area contributed by atoms with Crippen molar-refractivity contribution in [2.75, 3.05) is 7.11 Å². The summed E-state index contributed by atoms with van der Waals surface area (Å²) in [5.74, 6) is 0.731. The SMILES string of the molecule is COc1cc2c(cc1C(O)c1ccccc1)C=C2. The van der Waals surface area contributed by atoms with Crippen molar-refractivity contribution in [1.82, 2.24) is 0 Å². The van der Waals surface area contributed by atoms with Crippen molar-refractivity contribution in [3.05, 3.63) is 64.7 Å². The van der Waals surface area contributed by atoms with Crippen LogP contribution in [0.2, 0.25) is 0 Å². The van der Waals surface area contributed by atoms with Gasteiger partial charge in [0.25, 0.3) is 0 Å². The van der Waals surface area contributed by atoms with Gasteiger partial charge in [0.05, 0.1) is 7.11 Å². The minimum absolute atomic E-state index is 0.652. The molecule has 1 aliphatic rings. The van der Waals surface area contributed by atoms with Crippen molar-refractivity contribution >= 4 is 12.2 Å². The highest BCUT2D eigenvalue weighted by Gasteiger charge is 2.19. The highest BCUT2D eigenvalue weighted by atomic mass is 16.5. The number of hydrogen-bond acceptors (Lipinski definition) is 2. The lowest BCUT2D eigenvalue weighted by atomic mass is 9.91. The van der Waals surface area contributed by atoms with E-state index in [1.54, 1.807) is 7.11 Å². The Bertz CT molecular complexity index is 600. The highest BCUT2D eigenvalue weighted by Crippen LogP contribution is 2.36. The highest BCUT2D eigenvalue weighted by molar-refractivity contribution is 5.86. The Morgan fingerprint density at radius 3 is 2.28 bits per heavy atom. The lowest BCUT2D eigenvalue weighted by Gasteiger charge is -2.20. The molecule has 0 radical (unpaired) electrons. The molecule has 0 saturated carbocycles. The molecule has 2 heteroatoms. The quantitative estimate of drug-likeness (QED) is 0.759. The summed E-state index contributed by atoms with van der Waals surface area (Å²) < 4.78 is 5.36. The molecule has 0 spiro atoms. The third kappa shape index (κ3) is 1.71. The smallest absolute Gasteiger partial charge is 0.125 e. The fourth-order valence-electron chi connectivity index (χ4n) is 2.21. The van der Waals surface area contributed by atoms with E-state index in [2.05, 4.69) is 0 Å². The molecule has 3 rings (SSSR count). The number of fused-ring (bicyclic) bond motifs is 1. The summed E-state index contributed by atoms with van der Waals surface area (Å²) in [4.78, 5) is 0. The number of methoxy groups -OCH3 is 1. The summed E-state index contributed by atoms with van der Waals surface area (Å²) in [6.07, 6.45) is 3.42. The molecular weight excluding hydrogens is 224 g/mol. The Kier molecular flexibility index (Phi) is 2.65. The van der Waals surface area contributed by atoms with E-state index in [1.807, 2.05) is 54.6 Å². The average molecular weight is 238 g/mol. The molecule has 1 unspecified atom stereocenters. The van der Waals surface area contributed by atoms with Crippen LogP contribution in [0, 0.1) is 0 Å². The Hall–Kier alpha value is -2.06. The average Bonchev–Trinajstić information content (AvgIpc) is 2.40. The number of rotatable bonds is 3. The van der Waals surface area contributed by atoms with Crippen LogP contribution in [0.3, 0.4) is 0 Å². The molecule has 2 nitrogen and oxygen atoms in total. The molecule has 2 aromatic carbocycles. The summed E-state index contributed by atoms with van der Waals surface area (Å²) in [6, 6.07) is 13.6. The molecule has 0 heterocycles. The van der Waals surface area contributed by atoms with Crippen molar-refractivity contribution in [2.45, 2.75) is 6.10 Å². The second-order valence-electron chi connectivity index (χ2n) is 4.37. The van der Waals surface area contributed by atoms with Crippen LogP contribution < -0.4 is 4.74 Å². The minimum Gasteiger partial charge on any atom is -0.496 e. The third-order valence-electron chi connectivity index (χ3n) is 3.29. The van der Waals surface area contributed by atoms with Gasteiger partial charge < -0.3 is 9.84 Å². The minimum atomic E-state index is -0.652. The van der Waals surface area contributed by atoms with E-state index in [-0.39, 0.29) is 0 Å². The van der Waals surface area contributed by atoms with Crippen LogP contribution >= 0.6 is 0 Å². The monoisotopic (exact) mass is 238 g/mol. The second kappa shape index (κ2) is 4.31. The Morgan fingerprint density at radius 1 is 1.00 bits per heavy atom. The van der Waals surface area contributed by atoms with E-state index < -0.39 is 6.10 Å². The van der Waals surface area contributed by atoms with Gasteiger partial charge in [-0.05, 0) is 28.8 Å². The predicted octanol–water partition coefficient (Wildman–Crippen LogP) is 3.26. The van der Waals surface area contributed by atoms with Crippen LogP contribution in [-0.4, -0.2) is 12.2 Å². The molecule has 0 fully saturated rings. The second-order valence-corrected chi connectivity index (χ2v) is 4.37. The van der Waals surface area contributed by atoms with E-state index in [0.29, 0.717) is 0 Å². The molecule has 0 aliphatic heterocycles. The topological polar surface area (TPSA) is 29.5 Å². The molecule has 1 atom stereocenters. The Balaban J connectivity index is 2.04. The van der Waals surface area contributed by atoms with Gasteiger partial charge in [-0.1, -0.05) is 42.5 Å². The lowest BCUT2D eigenvalue weighted by Crippen LogP contribution is -2.05. The molecule has 1 N–H and O–H groups in total. The van der Waals surface area contributed by atoms with Crippen molar-refractivity contribution in [3.63, 3.8) is 0 Å². The number of hydrogen-bond donors (Lipinski definition) is 1. The van der Waals surface area contributed by atoms with E-state index in [1.165, 1.54) is 0 Å². The molecule has 0 bridgehead atoms. The first-order valence-electron chi connectivity index (χ1n) is 5.92. The zero-order chi connectivity index (χ0) is 12.5. The first kappa shape index (κ1) is 11.1. The zero-order valence-electron chi connectivity index (χ0n) is 10.1. The zero-order valence-corrected chi connectivity index (χ0v) is 10.1. The van der Waals surface area contributed by atoms with Crippen molar-refractivity contribution < 1.29 is 9.84 Å². The third-order valence-corrected chi connectivity index (χ3v) is 3.29. The van der Waals surface area contributed by atoms with E-state index in [9.17, 15) is 5.11 Å². The van der Waals surface area contributed by atoms with Gasteiger partial charge in [0, 0.05) is 5.56 Å². The van der Waals surface area contributed by atoms with Crippen LogP contribution in [0.25, 0.3) is 12.2 Å². The largest absolute Gasteiger partial charge is 0.496 e. The van der Waals surface area contributed by atoms with E-state index in [0.717, 1.165) is 28.0 Å². The van der Waals surface area contributed by atoms with Crippen LogP contribution in [0.1, 0.15) is 28.4 Å². The van der Waals surface area contributed by atoms with Crippen molar-refractivity contribution in [1.29, 1.82) is 0 Å². The van der Waals surface area contributed by atoms with Crippen molar-refractivity contribution in [3.8, 4) is 5.75 Å². The van der Waals surface area contributed by atoms with Gasteiger partial charge in [0.15, 0.2) is 0 Å². The van der Waals surface area contributed by atoms with Crippen LogP contribution in [-0.2, 0) is 0 Å². The van der Waals surface area contributed by atoms with Crippen LogP contribution in [0.5, 0.6) is 5.75 Å². The van der Waals surface area contributed by atoms with E-state index in [4.69, 9.17) is 4.74 Å². The maximum absolute atomic E-state index is 10.4. The van der Waals surface area contributed by atoms with Gasteiger partial charge in [0.2, 0.25) is 0 Å². The molecule has 0 saturated heterocycles. The van der Waals surface area contributed by atoms with Gasteiger partial charge >= 0.3 is 0 Å². The standard InChI is InChI=1S/C16H14O2/c1-18-15-10-13-8-7-12(13)9-14(15)16(17)11-5-3-2-4-6-11/h2-10,16-17H,1H3. The number of ether oxygens (including phenoxy) is 1. The molecule has 90 valence electrons. The van der Waals surface area contributed by atoms with Gasteiger partial charge in [-0.2, -0.15) is 0 Å². The molecule has 1 aliphatic carbocycles. The molecule has 18 heavy (non-hydrogen) atoms. The Morgan fingerprint density at radius 2 is 1.67 bits per heavy atom. The predicted molar refractivity (Wildman–Crippen MR) is 72.4 cm³/mol. The maximum Gasteiger partial charge on any atom is 0.125 e. The summed E-state index contributed by atoms with van der Waals surface area (Å²) in [6.45, 7) is 0. The van der Waals surface area contributed by atoms with Gasteiger partial charge in [-0.3, -0.25) is 0 Å². The summed E-state index contributed by atoms with van der Waals surface area (Å²) in [7, 11) is 1.63. The molecule has 2 aromatic rings. The fraction of sp³-hybridized carbons (Fsp3) is 0.125. The van der Waals surface area contributed by atoms with E-state index >= 15 is 0 Å². The lowest BCUT2D eigenvalue weighted by molar-refractivity contribution is 0.214. The van der Waals surface area contributed by atoms with Gasteiger partial charge in [-0.25, -0.2) is 0 Å².